The molecule has 0 amide bonds. The highest BCUT2D eigenvalue weighted by atomic mass is 32.2. The number of para-hydroxylation sites is 1. The Morgan fingerprint density at radius 1 is 1.00 bits per heavy atom. The predicted molar refractivity (Wildman–Crippen MR) is 141 cm³/mol. The average Bonchev–Trinajstić information content (AvgIpc) is 2.76. The lowest BCUT2D eigenvalue weighted by Crippen LogP contribution is -2.40. The second-order valence-electron chi connectivity index (χ2n) is 11.1. The summed E-state index contributed by atoms with van der Waals surface area (Å²) < 4.78 is 33.4. The molecule has 2 aromatic rings. The van der Waals surface area contributed by atoms with Crippen LogP contribution in [0.1, 0.15) is 66.0 Å². The lowest BCUT2D eigenvalue weighted by molar-refractivity contribution is -0.387. The number of ether oxygens (including phenoxy) is 1. The maximum atomic E-state index is 13.1. The summed E-state index contributed by atoms with van der Waals surface area (Å²) in [5.74, 6) is -1.94. The third-order valence-electron chi connectivity index (χ3n) is 5.66. The largest absolute Gasteiger partial charge is 0.460 e. The second kappa shape index (κ2) is 11.5. The summed E-state index contributed by atoms with van der Waals surface area (Å²) in [4.78, 5) is 36.0. The van der Waals surface area contributed by atoms with E-state index in [0.29, 0.717) is 0 Å². The number of hydrogen-bond donors (Lipinski definition) is 1. The predicted octanol–water partition coefficient (Wildman–Crippen LogP) is 4.72. The number of benzene rings is 2. The van der Waals surface area contributed by atoms with Crippen molar-refractivity contribution >= 4 is 27.5 Å². The van der Waals surface area contributed by atoms with Gasteiger partial charge >= 0.3 is 5.97 Å². The monoisotopic (exact) mass is 532 g/mol. The van der Waals surface area contributed by atoms with Crippen molar-refractivity contribution in [3.05, 3.63) is 69.8 Å². The number of nitrogens with zero attached hydrogens (tertiary/aromatic N) is 1. The van der Waals surface area contributed by atoms with Crippen LogP contribution in [0.2, 0.25) is 0 Å². The van der Waals surface area contributed by atoms with Crippen LogP contribution in [0.4, 0.5) is 5.69 Å². The quantitative estimate of drug-likeness (QED) is 0.266. The van der Waals surface area contributed by atoms with Crippen molar-refractivity contribution in [1.82, 2.24) is 4.72 Å². The van der Waals surface area contributed by atoms with E-state index in [1.54, 1.807) is 20.8 Å². The van der Waals surface area contributed by atoms with E-state index in [1.165, 1.54) is 19.1 Å². The van der Waals surface area contributed by atoms with E-state index in [9.17, 15) is 28.1 Å². The topological polar surface area (TPSA) is 133 Å². The highest BCUT2D eigenvalue weighted by Gasteiger charge is 2.32. The Labute approximate surface area is 218 Å². The summed E-state index contributed by atoms with van der Waals surface area (Å²) in [5, 5.41) is 11.3. The number of carbonyl (C=O) groups excluding carboxylic acids is 2. The fourth-order valence-electron chi connectivity index (χ4n) is 3.67. The van der Waals surface area contributed by atoms with Crippen molar-refractivity contribution < 1.29 is 27.7 Å². The van der Waals surface area contributed by atoms with Gasteiger partial charge in [0.25, 0.3) is 5.69 Å². The number of nitro groups is 1. The molecule has 2 rings (SSSR count). The van der Waals surface area contributed by atoms with Gasteiger partial charge in [0.05, 0.1) is 16.9 Å². The zero-order valence-corrected chi connectivity index (χ0v) is 23.2. The van der Waals surface area contributed by atoms with Gasteiger partial charge in [0.15, 0.2) is 10.7 Å². The molecule has 10 heteroatoms. The Morgan fingerprint density at radius 2 is 1.57 bits per heavy atom. The van der Waals surface area contributed by atoms with Crippen molar-refractivity contribution in [1.29, 1.82) is 0 Å². The van der Waals surface area contributed by atoms with Crippen molar-refractivity contribution in [2.75, 3.05) is 0 Å². The second-order valence-corrected chi connectivity index (χ2v) is 12.8. The first-order chi connectivity index (χ1) is 16.9. The van der Waals surface area contributed by atoms with Crippen LogP contribution in [0.25, 0.3) is 0 Å². The van der Waals surface area contributed by atoms with Crippen LogP contribution in [0, 0.1) is 16.0 Å². The molecule has 0 aliphatic rings. The van der Waals surface area contributed by atoms with Gasteiger partial charge in [-0.05, 0) is 56.7 Å². The smallest absolute Gasteiger partial charge is 0.310 e. The molecule has 2 atom stereocenters. The van der Waals surface area contributed by atoms with Crippen molar-refractivity contribution in [3.8, 4) is 0 Å². The number of nitro benzene ring substituents is 1. The molecule has 0 radical (unpaired) electrons. The molecule has 0 unspecified atom stereocenters. The van der Waals surface area contributed by atoms with E-state index in [-0.39, 0.29) is 18.3 Å². The van der Waals surface area contributed by atoms with Gasteiger partial charge in [-0.1, -0.05) is 57.2 Å². The molecular formula is C27H36N2O7S. The molecule has 1 N–H and O–H groups in total. The molecule has 0 saturated carbocycles. The van der Waals surface area contributed by atoms with Crippen LogP contribution < -0.4 is 4.72 Å². The van der Waals surface area contributed by atoms with Gasteiger partial charge in [-0.2, -0.15) is 0 Å². The molecule has 0 aliphatic carbocycles. The zero-order valence-electron chi connectivity index (χ0n) is 22.4. The number of sulfonamides is 1. The molecule has 0 saturated heterocycles. The highest BCUT2D eigenvalue weighted by Crippen LogP contribution is 2.26. The lowest BCUT2D eigenvalue weighted by atomic mass is 9.85. The summed E-state index contributed by atoms with van der Waals surface area (Å²) in [6.45, 7) is 12.8. The van der Waals surface area contributed by atoms with E-state index in [4.69, 9.17) is 4.74 Å². The van der Waals surface area contributed by atoms with Crippen LogP contribution in [0.3, 0.4) is 0 Å². The number of esters is 1. The number of Topliss-reactive ketones (excluding diaryl/α,β-unsaturated/α-hetero) is 1. The van der Waals surface area contributed by atoms with Gasteiger partial charge in [-0.3, -0.25) is 19.7 Å². The van der Waals surface area contributed by atoms with Crippen LogP contribution in [0.5, 0.6) is 0 Å². The fourth-order valence-corrected chi connectivity index (χ4v) is 5.07. The van der Waals surface area contributed by atoms with Gasteiger partial charge < -0.3 is 4.74 Å². The van der Waals surface area contributed by atoms with E-state index < -0.39 is 54.8 Å². The SMILES string of the molecule is C[C@H](NS(=O)(=O)c1ccccc1[N+](=O)[O-])C(=O)C[C@@H](Cc1ccc(C(C)(C)C)cc1)C(=O)OC(C)(C)C. The molecule has 37 heavy (non-hydrogen) atoms. The molecule has 2 aromatic carbocycles. The van der Waals surface area contributed by atoms with Gasteiger partial charge in [-0.25, -0.2) is 13.1 Å². The maximum absolute atomic E-state index is 13.1. The molecule has 9 nitrogen and oxygen atoms in total. The van der Waals surface area contributed by atoms with Gasteiger partial charge in [-0.15, -0.1) is 0 Å². The molecule has 0 spiro atoms. The third-order valence-corrected chi connectivity index (χ3v) is 7.24. The summed E-state index contributed by atoms with van der Waals surface area (Å²) in [7, 11) is -4.37. The van der Waals surface area contributed by atoms with E-state index in [1.807, 2.05) is 24.3 Å². The zero-order chi connectivity index (χ0) is 28.2. The van der Waals surface area contributed by atoms with Gasteiger partial charge in [0, 0.05) is 12.5 Å². The first-order valence-electron chi connectivity index (χ1n) is 12.0. The number of ketones is 1. The van der Waals surface area contributed by atoms with Crippen LogP contribution in [0.15, 0.2) is 53.4 Å². The lowest BCUT2D eigenvalue weighted by Gasteiger charge is -2.25. The standard InChI is InChI=1S/C27H36N2O7S/c1-18(28-37(34,35)24-11-9-8-10-22(24)29(32)33)23(30)17-20(25(31)36-27(5,6)7)16-19-12-14-21(15-13-19)26(2,3)4/h8-15,18,20,28H,16-17H2,1-7H3/t18-,20+/m0/s1. The minimum absolute atomic E-state index is 0.0422. The fraction of sp³-hybridized carbons (Fsp3) is 0.481. The van der Waals surface area contributed by atoms with E-state index in [2.05, 4.69) is 25.5 Å². The summed E-state index contributed by atoms with van der Waals surface area (Å²) in [6.07, 6.45) is -0.0365. The van der Waals surface area contributed by atoms with Crippen molar-refractivity contribution in [3.63, 3.8) is 0 Å². The number of rotatable bonds is 10. The minimum Gasteiger partial charge on any atom is -0.460 e. The Bertz CT molecular complexity index is 1240. The van der Waals surface area contributed by atoms with Crippen LogP contribution >= 0.6 is 0 Å². The summed E-state index contributed by atoms with van der Waals surface area (Å²) in [5.41, 5.74) is 0.553. The number of nitrogens with one attached hydrogen (secondary N) is 1. The third kappa shape index (κ3) is 8.75. The molecule has 0 aromatic heterocycles. The minimum atomic E-state index is -4.37. The molecule has 0 aliphatic heterocycles. The molecule has 202 valence electrons. The van der Waals surface area contributed by atoms with Gasteiger partial charge in [0.1, 0.15) is 5.60 Å². The van der Waals surface area contributed by atoms with Crippen LogP contribution in [-0.4, -0.2) is 36.7 Å². The Balaban J connectivity index is 2.25. The Kier molecular flexibility index (Phi) is 9.37. The first kappa shape index (κ1) is 30.1. The first-order valence-corrected chi connectivity index (χ1v) is 13.5. The van der Waals surface area contributed by atoms with Crippen LogP contribution in [-0.2, 0) is 36.2 Å². The van der Waals surface area contributed by atoms with Crippen molar-refractivity contribution in [2.45, 2.75) is 83.3 Å². The summed E-state index contributed by atoms with van der Waals surface area (Å²) >= 11 is 0. The normalized spacial score (nSPS) is 14.0. The van der Waals surface area contributed by atoms with E-state index in [0.717, 1.165) is 23.3 Å². The Morgan fingerprint density at radius 3 is 2.08 bits per heavy atom. The van der Waals surface area contributed by atoms with Gasteiger partial charge in [0.2, 0.25) is 10.0 Å². The molecule has 0 bridgehead atoms. The molecular weight excluding hydrogens is 496 g/mol. The maximum Gasteiger partial charge on any atom is 0.310 e. The summed E-state index contributed by atoms with van der Waals surface area (Å²) in [6, 6.07) is 11.4. The average molecular weight is 533 g/mol. The van der Waals surface area contributed by atoms with Crippen molar-refractivity contribution in [2.24, 2.45) is 5.92 Å². The molecule has 0 fully saturated rings. The Hall–Kier alpha value is -3.11. The number of hydrogen-bond acceptors (Lipinski definition) is 7. The number of carbonyl (C=O) groups is 2. The molecule has 0 heterocycles. The highest BCUT2D eigenvalue weighted by molar-refractivity contribution is 7.89. The van der Waals surface area contributed by atoms with E-state index >= 15 is 0 Å².